The van der Waals surface area contributed by atoms with E-state index in [1.807, 2.05) is 0 Å². The van der Waals surface area contributed by atoms with E-state index in [0.29, 0.717) is 0 Å². The van der Waals surface area contributed by atoms with Crippen LogP contribution in [0, 0.1) is 0 Å². The molecule has 0 bridgehead atoms. The molecule has 0 amide bonds. The summed E-state index contributed by atoms with van der Waals surface area (Å²) in [6, 6.07) is 0. The Hall–Kier alpha value is -1.79. The Morgan fingerprint density at radius 1 is 1.40 bits per heavy atom. The first-order chi connectivity index (χ1) is 6.66. The third-order valence-corrected chi connectivity index (χ3v) is 0.968. The lowest BCUT2D eigenvalue weighted by molar-refractivity contribution is -0.144. The second kappa shape index (κ2) is 6.63. The molecule has 0 aromatic carbocycles. The van der Waals surface area contributed by atoms with Crippen LogP contribution in [-0.2, 0) is 14.3 Å². The molecular weight excluding hydrogens is 217 g/mol. The minimum atomic E-state index is -4.81. The molecular formula is C8H9F3O4. The predicted molar refractivity (Wildman–Crippen MR) is 45.0 cm³/mol. The lowest BCUT2D eigenvalue weighted by Crippen LogP contribution is -2.18. The van der Waals surface area contributed by atoms with E-state index in [4.69, 9.17) is 5.11 Å². The van der Waals surface area contributed by atoms with Gasteiger partial charge in [-0.05, 0) is 0 Å². The average molecular weight is 226 g/mol. The fourth-order valence-electron chi connectivity index (χ4n) is 0.205. The third kappa shape index (κ3) is 8.54. The standard InChI is InChI=1S/C4H3F3O2.C4H6O2/c1-2(3(8)9)4(5,6)7;1-3-4(5)6-2/h1H2,(H,8,9);3H,1H2,2H3. The van der Waals surface area contributed by atoms with Crippen molar-refractivity contribution < 1.29 is 32.6 Å². The summed E-state index contributed by atoms with van der Waals surface area (Å²) < 4.78 is 37.8. The molecule has 86 valence electrons. The quantitative estimate of drug-likeness (QED) is 0.573. The summed E-state index contributed by atoms with van der Waals surface area (Å²) in [5, 5.41) is 7.70. The van der Waals surface area contributed by atoms with Crippen LogP contribution in [0.1, 0.15) is 0 Å². The lowest BCUT2D eigenvalue weighted by atomic mass is 10.3. The number of halogens is 3. The predicted octanol–water partition coefficient (Wildman–Crippen LogP) is 1.53. The molecule has 0 radical (unpaired) electrons. The molecule has 0 unspecified atom stereocenters. The van der Waals surface area contributed by atoms with Gasteiger partial charge in [0.25, 0.3) is 0 Å². The SMILES string of the molecule is C=C(C(=O)O)C(F)(F)F.C=CC(=O)OC. The van der Waals surface area contributed by atoms with E-state index in [9.17, 15) is 22.8 Å². The number of esters is 1. The number of hydrogen-bond donors (Lipinski definition) is 1. The topological polar surface area (TPSA) is 63.6 Å². The van der Waals surface area contributed by atoms with E-state index < -0.39 is 23.7 Å². The monoisotopic (exact) mass is 226 g/mol. The van der Waals surface area contributed by atoms with Gasteiger partial charge in [0.15, 0.2) is 0 Å². The summed E-state index contributed by atoms with van der Waals surface area (Å²) in [6.07, 6.45) is -3.70. The molecule has 0 aromatic heterocycles. The summed E-state index contributed by atoms with van der Waals surface area (Å²) in [5.74, 6) is -2.43. The highest BCUT2D eigenvalue weighted by molar-refractivity contribution is 5.87. The van der Waals surface area contributed by atoms with Gasteiger partial charge in [0.2, 0.25) is 0 Å². The fraction of sp³-hybridized carbons (Fsp3) is 0.250. The Kier molecular flexibility index (Phi) is 6.93. The highest BCUT2D eigenvalue weighted by Gasteiger charge is 2.36. The number of carbonyl (C=O) groups is 2. The first-order valence-electron chi connectivity index (χ1n) is 3.36. The maximum atomic E-state index is 11.2. The van der Waals surface area contributed by atoms with Crippen LogP contribution in [-0.4, -0.2) is 30.3 Å². The van der Waals surface area contributed by atoms with Crippen molar-refractivity contribution in [2.24, 2.45) is 0 Å². The Balaban J connectivity index is 0. The second-order valence-corrected chi connectivity index (χ2v) is 2.01. The number of carbonyl (C=O) groups excluding carboxylic acids is 1. The molecule has 0 saturated heterocycles. The Labute approximate surface area is 83.6 Å². The summed E-state index contributed by atoms with van der Waals surface area (Å²) in [5.41, 5.74) is -1.75. The number of aliphatic carboxylic acids is 1. The van der Waals surface area contributed by atoms with Crippen molar-refractivity contribution in [1.29, 1.82) is 0 Å². The van der Waals surface area contributed by atoms with E-state index in [2.05, 4.69) is 17.9 Å². The van der Waals surface area contributed by atoms with Crippen molar-refractivity contribution in [2.45, 2.75) is 6.18 Å². The van der Waals surface area contributed by atoms with E-state index in [1.165, 1.54) is 7.11 Å². The molecule has 0 saturated carbocycles. The molecule has 0 aromatic rings. The smallest absolute Gasteiger partial charge is 0.422 e. The number of methoxy groups -OCH3 is 1. The third-order valence-electron chi connectivity index (χ3n) is 0.968. The van der Waals surface area contributed by atoms with Crippen LogP contribution >= 0.6 is 0 Å². The molecule has 0 aliphatic rings. The van der Waals surface area contributed by atoms with Crippen molar-refractivity contribution in [3.63, 3.8) is 0 Å². The van der Waals surface area contributed by atoms with Gasteiger partial charge in [-0.1, -0.05) is 13.2 Å². The van der Waals surface area contributed by atoms with Crippen molar-refractivity contribution >= 4 is 11.9 Å². The molecule has 7 heteroatoms. The van der Waals surface area contributed by atoms with Crippen LogP contribution in [0.25, 0.3) is 0 Å². The van der Waals surface area contributed by atoms with E-state index in [1.54, 1.807) is 0 Å². The molecule has 0 fully saturated rings. The van der Waals surface area contributed by atoms with Crippen LogP contribution in [0.4, 0.5) is 13.2 Å². The van der Waals surface area contributed by atoms with Gasteiger partial charge in [-0.25, -0.2) is 9.59 Å². The van der Waals surface area contributed by atoms with Gasteiger partial charge in [-0.15, -0.1) is 0 Å². The van der Waals surface area contributed by atoms with Gasteiger partial charge in [0.05, 0.1) is 7.11 Å². The molecule has 0 heterocycles. The number of carboxylic acids is 1. The van der Waals surface area contributed by atoms with Gasteiger partial charge in [-0.2, -0.15) is 13.2 Å². The van der Waals surface area contributed by atoms with Crippen LogP contribution < -0.4 is 0 Å². The second-order valence-electron chi connectivity index (χ2n) is 2.01. The van der Waals surface area contributed by atoms with Gasteiger partial charge in [0, 0.05) is 6.08 Å². The van der Waals surface area contributed by atoms with Crippen molar-refractivity contribution in [2.75, 3.05) is 7.11 Å². The zero-order valence-electron chi connectivity index (χ0n) is 7.80. The maximum absolute atomic E-state index is 11.2. The van der Waals surface area contributed by atoms with Crippen molar-refractivity contribution in [3.8, 4) is 0 Å². The number of hydrogen-bond acceptors (Lipinski definition) is 3. The molecule has 15 heavy (non-hydrogen) atoms. The first kappa shape index (κ1) is 15.7. The number of carboxylic acid groups (broad SMARTS) is 1. The van der Waals surface area contributed by atoms with Gasteiger partial charge < -0.3 is 9.84 Å². The molecule has 0 spiro atoms. The number of alkyl halides is 3. The van der Waals surface area contributed by atoms with Crippen molar-refractivity contribution in [1.82, 2.24) is 0 Å². The van der Waals surface area contributed by atoms with Crippen LogP contribution in [0.15, 0.2) is 24.8 Å². The van der Waals surface area contributed by atoms with Crippen LogP contribution in [0.5, 0.6) is 0 Å². The minimum absolute atomic E-state index is 0.394. The molecule has 1 N–H and O–H groups in total. The molecule has 4 nitrogen and oxygen atoms in total. The summed E-state index contributed by atoms with van der Waals surface area (Å²) >= 11 is 0. The zero-order valence-corrected chi connectivity index (χ0v) is 7.80. The summed E-state index contributed by atoms with van der Waals surface area (Å²) in [7, 11) is 1.31. The molecule has 0 rings (SSSR count). The Bertz CT molecular complexity index is 268. The van der Waals surface area contributed by atoms with Gasteiger partial charge >= 0.3 is 18.1 Å². The van der Waals surface area contributed by atoms with E-state index >= 15 is 0 Å². The lowest BCUT2D eigenvalue weighted by Gasteiger charge is -2.02. The highest BCUT2D eigenvalue weighted by Crippen LogP contribution is 2.23. The maximum Gasteiger partial charge on any atom is 0.422 e. The highest BCUT2D eigenvalue weighted by atomic mass is 19.4. The van der Waals surface area contributed by atoms with Gasteiger partial charge in [-0.3, -0.25) is 0 Å². The average Bonchev–Trinajstić information content (AvgIpc) is 2.14. The number of rotatable bonds is 2. The summed E-state index contributed by atoms with van der Waals surface area (Å²) in [6.45, 7) is 5.46. The van der Waals surface area contributed by atoms with Crippen LogP contribution in [0.3, 0.4) is 0 Å². The fourth-order valence-corrected chi connectivity index (χ4v) is 0.205. The molecule has 0 aliphatic heterocycles. The molecule has 0 atom stereocenters. The zero-order chi connectivity index (χ0) is 12.6. The normalized spacial score (nSPS) is 9.33. The Morgan fingerprint density at radius 2 is 1.80 bits per heavy atom. The van der Waals surface area contributed by atoms with Crippen molar-refractivity contribution in [3.05, 3.63) is 24.8 Å². The van der Waals surface area contributed by atoms with E-state index in [-0.39, 0.29) is 0 Å². The van der Waals surface area contributed by atoms with Gasteiger partial charge in [0.1, 0.15) is 5.57 Å². The number of ether oxygens (including phenoxy) is 1. The van der Waals surface area contributed by atoms with Crippen LogP contribution in [0.2, 0.25) is 0 Å². The molecule has 0 aliphatic carbocycles. The largest absolute Gasteiger partial charge is 0.478 e. The Morgan fingerprint density at radius 3 is 1.80 bits per heavy atom. The van der Waals surface area contributed by atoms with E-state index in [0.717, 1.165) is 6.08 Å². The summed E-state index contributed by atoms with van der Waals surface area (Å²) in [4.78, 5) is 19.4. The first-order valence-corrected chi connectivity index (χ1v) is 3.36. The minimum Gasteiger partial charge on any atom is -0.478 e.